The lowest BCUT2D eigenvalue weighted by molar-refractivity contribution is 0.884. The first-order valence-electron chi connectivity index (χ1n) is 7.21. The molecule has 0 fully saturated rings. The molecular formula is C17H23N3. The maximum absolute atomic E-state index is 4.44. The van der Waals surface area contributed by atoms with Gasteiger partial charge < -0.3 is 10.2 Å². The van der Waals surface area contributed by atoms with E-state index in [1.807, 2.05) is 12.3 Å². The number of aryl methyl sites for hydroxylation is 1. The molecule has 0 aliphatic carbocycles. The minimum Gasteiger partial charge on any atom is -0.385 e. The van der Waals surface area contributed by atoms with E-state index in [4.69, 9.17) is 0 Å². The molecule has 20 heavy (non-hydrogen) atoms. The van der Waals surface area contributed by atoms with E-state index in [2.05, 4.69) is 66.4 Å². The number of pyridine rings is 1. The summed E-state index contributed by atoms with van der Waals surface area (Å²) in [6.07, 6.45) is 2.94. The van der Waals surface area contributed by atoms with Crippen molar-refractivity contribution in [2.75, 3.05) is 23.8 Å². The van der Waals surface area contributed by atoms with E-state index in [1.54, 1.807) is 0 Å². The summed E-state index contributed by atoms with van der Waals surface area (Å²) in [5.74, 6) is 0. The lowest BCUT2D eigenvalue weighted by atomic mass is 10.1. The minimum atomic E-state index is 0.810. The second kappa shape index (κ2) is 6.94. The number of benzene rings is 1. The number of rotatable bonds is 6. The van der Waals surface area contributed by atoms with Crippen LogP contribution in [0.25, 0.3) is 0 Å². The topological polar surface area (TPSA) is 28.2 Å². The molecule has 0 saturated carbocycles. The van der Waals surface area contributed by atoms with Crippen LogP contribution < -0.4 is 10.2 Å². The maximum atomic E-state index is 4.44. The molecule has 2 aromatic rings. The van der Waals surface area contributed by atoms with Gasteiger partial charge in [0.05, 0.1) is 12.2 Å². The first kappa shape index (κ1) is 14.4. The zero-order valence-corrected chi connectivity index (χ0v) is 12.6. The normalized spacial score (nSPS) is 10.3. The molecule has 2 rings (SSSR count). The first-order chi connectivity index (χ1) is 9.72. The maximum Gasteiger partial charge on any atom is 0.0617 e. The van der Waals surface area contributed by atoms with Crippen molar-refractivity contribution in [1.82, 2.24) is 4.98 Å². The summed E-state index contributed by atoms with van der Waals surface area (Å²) in [5, 5.41) is 3.32. The van der Waals surface area contributed by atoms with Crippen LogP contribution in [0.2, 0.25) is 0 Å². The first-order valence-corrected chi connectivity index (χ1v) is 7.21. The zero-order chi connectivity index (χ0) is 14.4. The fourth-order valence-electron chi connectivity index (χ4n) is 2.20. The Labute approximate surface area is 121 Å². The monoisotopic (exact) mass is 269 g/mol. The highest BCUT2D eigenvalue weighted by Gasteiger charge is 2.04. The van der Waals surface area contributed by atoms with Crippen LogP contribution in [0.5, 0.6) is 0 Å². The molecule has 1 N–H and O–H groups in total. The Hall–Kier alpha value is -2.03. The van der Waals surface area contributed by atoms with Crippen molar-refractivity contribution in [3.05, 3.63) is 53.9 Å². The van der Waals surface area contributed by atoms with Gasteiger partial charge in [-0.25, -0.2) is 0 Å². The molecule has 0 spiro atoms. The summed E-state index contributed by atoms with van der Waals surface area (Å²) < 4.78 is 0. The van der Waals surface area contributed by atoms with E-state index in [-0.39, 0.29) is 0 Å². The Bertz CT molecular complexity index is 534. The SMILES string of the molecule is CCNc1ccnc(CN(C)c2ccc(CC)cc2)c1. The molecule has 0 radical (unpaired) electrons. The van der Waals surface area contributed by atoms with Gasteiger partial charge in [-0.3, -0.25) is 4.98 Å². The molecule has 106 valence electrons. The van der Waals surface area contributed by atoms with Crippen LogP contribution >= 0.6 is 0 Å². The summed E-state index contributed by atoms with van der Waals surface area (Å²) in [7, 11) is 2.10. The van der Waals surface area contributed by atoms with Crippen molar-refractivity contribution in [1.29, 1.82) is 0 Å². The van der Waals surface area contributed by atoms with Crippen molar-refractivity contribution in [3.8, 4) is 0 Å². The van der Waals surface area contributed by atoms with Gasteiger partial charge in [-0.15, -0.1) is 0 Å². The second-order valence-corrected chi connectivity index (χ2v) is 4.94. The summed E-state index contributed by atoms with van der Waals surface area (Å²) in [5.41, 5.74) is 4.80. The van der Waals surface area contributed by atoms with Gasteiger partial charge in [0.25, 0.3) is 0 Å². The van der Waals surface area contributed by atoms with Crippen LogP contribution in [0.15, 0.2) is 42.6 Å². The Morgan fingerprint density at radius 3 is 2.50 bits per heavy atom. The third kappa shape index (κ3) is 3.73. The quantitative estimate of drug-likeness (QED) is 0.866. The van der Waals surface area contributed by atoms with Gasteiger partial charge in [0.2, 0.25) is 0 Å². The lowest BCUT2D eigenvalue weighted by Gasteiger charge is -2.19. The fraction of sp³-hybridized carbons (Fsp3) is 0.353. The number of hydrogen-bond acceptors (Lipinski definition) is 3. The molecule has 0 aliphatic rings. The number of anilines is 2. The average molecular weight is 269 g/mol. The van der Waals surface area contributed by atoms with Crippen molar-refractivity contribution in [2.24, 2.45) is 0 Å². The van der Waals surface area contributed by atoms with E-state index in [1.165, 1.54) is 11.3 Å². The van der Waals surface area contributed by atoms with Crippen molar-refractivity contribution < 1.29 is 0 Å². The van der Waals surface area contributed by atoms with Crippen molar-refractivity contribution in [3.63, 3.8) is 0 Å². The van der Waals surface area contributed by atoms with Crippen LogP contribution in [-0.4, -0.2) is 18.6 Å². The molecule has 0 amide bonds. The largest absolute Gasteiger partial charge is 0.385 e. The smallest absolute Gasteiger partial charge is 0.0617 e. The van der Waals surface area contributed by atoms with Crippen LogP contribution in [0.1, 0.15) is 25.1 Å². The van der Waals surface area contributed by atoms with E-state index >= 15 is 0 Å². The van der Waals surface area contributed by atoms with Crippen LogP contribution in [-0.2, 0) is 13.0 Å². The van der Waals surface area contributed by atoms with E-state index in [0.29, 0.717) is 0 Å². The van der Waals surface area contributed by atoms with Crippen molar-refractivity contribution >= 4 is 11.4 Å². The molecule has 3 heteroatoms. The van der Waals surface area contributed by atoms with Gasteiger partial charge in [-0.2, -0.15) is 0 Å². The molecule has 1 heterocycles. The number of nitrogens with zero attached hydrogens (tertiary/aromatic N) is 2. The van der Waals surface area contributed by atoms with Crippen molar-refractivity contribution in [2.45, 2.75) is 26.8 Å². The molecule has 1 aromatic carbocycles. The molecule has 0 bridgehead atoms. The van der Waals surface area contributed by atoms with E-state index in [0.717, 1.165) is 30.9 Å². The minimum absolute atomic E-state index is 0.810. The van der Waals surface area contributed by atoms with Crippen LogP contribution in [0, 0.1) is 0 Å². The Kier molecular flexibility index (Phi) is 4.99. The number of hydrogen-bond donors (Lipinski definition) is 1. The van der Waals surface area contributed by atoms with Gasteiger partial charge in [-0.05, 0) is 43.2 Å². The third-order valence-corrected chi connectivity index (χ3v) is 3.38. The number of aromatic nitrogens is 1. The van der Waals surface area contributed by atoms with Gasteiger partial charge in [0.15, 0.2) is 0 Å². The third-order valence-electron chi connectivity index (χ3n) is 3.38. The fourth-order valence-corrected chi connectivity index (χ4v) is 2.20. The highest BCUT2D eigenvalue weighted by molar-refractivity contribution is 5.48. The Morgan fingerprint density at radius 1 is 1.10 bits per heavy atom. The lowest BCUT2D eigenvalue weighted by Crippen LogP contribution is -2.17. The summed E-state index contributed by atoms with van der Waals surface area (Å²) in [6, 6.07) is 12.8. The molecule has 1 aromatic heterocycles. The molecular weight excluding hydrogens is 246 g/mol. The van der Waals surface area contributed by atoms with Crippen LogP contribution in [0.4, 0.5) is 11.4 Å². The Balaban J connectivity index is 2.06. The average Bonchev–Trinajstić information content (AvgIpc) is 2.48. The predicted octanol–water partition coefficient (Wildman–Crippen LogP) is 3.71. The standard InChI is InChI=1S/C17H23N3/c1-4-14-6-8-17(9-7-14)20(3)13-16-12-15(18-5-2)10-11-19-16/h6-12H,4-5,13H2,1-3H3,(H,18,19). The summed E-state index contributed by atoms with van der Waals surface area (Å²) in [4.78, 5) is 6.66. The van der Waals surface area contributed by atoms with Gasteiger partial charge in [0.1, 0.15) is 0 Å². The van der Waals surface area contributed by atoms with Gasteiger partial charge in [0, 0.05) is 31.2 Å². The molecule has 0 atom stereocenters. The summed E-state index contributed by atoms with van der Waals surface area (Å²) in [6.45, 7) is 6.01. The zero-order valence-electron chi connectivity index (χ0n) is 12.6. The van der Waals surface area contributed by atoms with Crippen LogP contribution in [0.3, 0.4) is 0 Å². The van der Waals surface area contributed by atoms with Gasteiger partial charge >= 0.3 is 0 Å². The highest BCUT2D eigenvalue weighted by atomic mass is 15.1. The highest BCUT2D eigenvalue weighted by Crippen LogP contribution is 2.17. The Morgan fingerprint density at radius 2 is 1.85 bits per heavy atom. The second-order valence-electron chi connectivity index (χ2n) is 4.94. The van der Waals surface area contributed by atoms with E-state index < -0.39 is 0 Å². The summed E-state index contributed by atoms with van der Waals surface area (Å²) >= 11 is 0. The van der Waals surface area contributed by atoms with E-state index in [9.17, 15) is 0 Å². The molecule has 3 nitrogen and oxygen atoms in total. The molecule has 0 aliphatic heterocycles. The number of nitrogens with one attached hydrogen (secondary N) is 1. The van der Waals surface area contributed by atoms with Gasteiger partial charge in [-0.1, -0.05) is 19.1 Å². The predicted molar refractivity (Wildman–Crippen MR) is 86.3 cm³/mol. The molecule has 0 unspecified atom stereocenters. The molecule has 0 saturated heterocycles.